The molecule has 3 rings (SSSR count). The molecular formula is C17H24N2OS. The molecule has 1 fully saturated rings. The van der Waals surface area contributed by atoms with Gasteiger partial charge in [0.2, 0.25) is 5.91 Å². The maximum absolute atomic E-state index is 12.8. The van der Waals surface area contributed by atoms with Crippen molar-refractivity contribution in [2.45, 2.75) is 44.0 Å². The zero-order chi connectivity index (χ0) is 14.9. The van der Waals surface area contributed by atoms with E-state index in [1.807, 2.05) is 11.8 Å². The van der Waals surface area contributed by atoms with Crippen LogP contribution in [0.2, 0.25) is 0 Å². The van der Waals surface area contributed by atoms with Gasteiger partial charge in [0.05, 0.1) is 6.04 Å². The summed E-state index contributed by atoms with van der Waals surface area (Å²) in [4.78, 5) is 14.8. The van der Waals surface area contributed by atoms with Crippen molar-refractivity contribution < 1.29 is 4.79 Å². The van der Waals surface area contributed by atoms with Gasteiger partial charge in [0.15, 0.2) is 0 Å². The maximum atomic E-state index is 12.8. The summed E-state index contributed by atoms with van der Waals surface area (Å²) in [7, 11) is 0. The Labute approximate surface area is 131 Å². The van der Waals surface area contributed by atoms with Gasteiger partial charge < -0.3 is 10.2 Å². The molecule has 0 spiro atoms. The number of hydrogen-bond acceptors (Lipinski definition) is 3. The molecule has 0 unspecified atom stereocenters. The first kappa shape index (κ1) is 14.9. The number of rotatable bonds is 1. The fraction of sp³-hybridized carbons (Fsp3) is 0.588. The van der Waals surface area contributed by atoms with E-state index in [2.05, 4.69) is 48.3 Å². The van der Waals surface area contributed by atoms with Crippen molar-refractivity contribution in [3.8, 4) is 0 Å². The van der Waals surface area contributed by atoms with Crippen LogP contribution in [0.25, 0.3) is 0 Å². The highest BCUT2D eigenvalue weighted by Gasteiger charge is 2.31. The van der Waals surface area contributed by atoms with E-state index in [0.29, 0.717) is 4.75 Å². The number of amides is 1. The Morgan fingerprint density at radius 3 is 2.86 bits per heavy atom. The summed E-state index contributed by atoms with van der Waals surface area (Å²) in [6.45, 7) is 7.13. The van der Waals surface area contributed by atoms with Gasteiger partial charge in [-0.2, -0.15) is 11.8 Å². The maximum Gasteiger partial charge on any atom is 0.240 e. The highest BCUT2D eigenvalue weighted by molar-refractivity contribution is 8.00. The summed E-state index contributed by atoms with van der Waals surface area (Å²) in [5.41, 5.74) is 2.65. The summed E-state index contributed by atoms with van der Waals surface area (Å²) < 4.78 is 0.293. The van der Waals surface area contributed by atoms with Crippen molar-refractivity contribution in [1.29, 1.82) is 0 Å². The average Bonchev–Trinajstić information content (AvgIpc) is 2.67. The number of carbonyl (C=O) groups is 1. The number of thioether (sulfide) groups is 1. The van der Waals surface area contributed by atoms with Crippen LogP contribution in [0.4, 0.5) is 0 Å². The van der Waals surface area contributed by atoms with Crippen molar-refractivity contribution in [2.75, 3.05) is 18.8 Å². The monoisotopic (exact) mass is 304 g/mol. The summed E-state index contributed by atoms with van der Waals surface area (Å²) in [5, 5.41) is 3.42. The predicted molar refractivity (Wildman–Crippen MR) is 88.5 cm³/mol. The number of nitrogens with zero attached hydrogens (tertiary/aromatic N) is 1. The van der Waals surface area contributed by atoms with Crippen LogP contribution in [0.5, 0.6) is 0 Å². The fourth-order valence-electron chi connectivity index (χ4n) is 3.09. The van der Waals surface area contributed by atoms with Crippen LogP contribution >= 0.6 is 11.8 Å². The highest BCUT2D eigenvalue weighted by Crippen LogP contribution is 2.31. The minimum Gasteiger partial charge on any atom is -0.340 e. The van der Waals surface area contributed by atoms with Crippen molar-refractivity contribution in [3.05, 3.63) is 35.4 Å². The van der Waals surface area contributed by atoms with Gasteiger partial charge >= 0.3 is 0 Å². The SMILES string of the molecule is CC1(C)CCN(C(=O)[C@@H]2Cc3ccccc3CN2)CCS1. The smallest absolute Gasteiger partial charge is 0.240 e. The zero-order valence-corrected chi connectivity index (χ0v) is 13.7. The van der Waals surface area contributed by atoms with E-state index in [1.54, 1.807) is 0 Å². The molecule has 21 heavy (non-hydrogen) atoms. The second-order valence-electron chi connectivity index (χ2n) is 6.59. The zero-order valence-electron chi connectivity index (χ0n) is 12.9. The molecule has 4 heteroatoms. The van der Waals surface area contributed by atoms with E-state index in [4.69, 9.17) is 0 Å². The molecule has 2 aliphatic rings. The van der Waals surface area contributed by atoms with Gasteiger partial charge in [-0.25, -0.2) is 0 Å². The van der Waals surface area contributed by atoms with E-state index in [-0.39, 0.29) is 11.9 Å². The normalized spacial score (nSPS) is 25.0. The van der Waals surface area contributed by atoms with Crippen molar-refractivity contribution >= 4 is 17.7 Å². The molecule has 1 aromatic rings. The Morgan fingerprint density at radius 2 is 2.05 bits per heavy atom. The molecule has 0 aromatic heterocycles. The molecule has 0 radical (unpaired) electrons. The Morgan fingerprint density at radius 1 is 1.29 bits per heavy atom. The quantitative estimate of drug-likeness (QED) is 0.865. The second-order valence-corrected chi connectivity index (χ2v) is 8.39. The molecule has 114 valence electrons. The molecule has 1 atom stereocenters. The molecule has 0 saturated carbocycles. The number of fused-ring (bicyclic) bond motifs is 1. The van der Waals surface area contributed by atoms with Crippen LogP contribution in [-0.2, 0) is 17.8 Å². The Bertz CT molecular complexity index is 529. The van der Waals surface area contributed by atoms with E-state index < -0.39 is 0 Å². The third kappa shape index (κ3) is 3.43. The van der Waals surface area contributed by atoms with Crippen LogP contribution in [0.1, 0.15) is 31.4 Å². The lowest BCUT2D eigenvalue weighted by atomic mass is 9.95. The molecule has 1 N–H and O–H groups in total. The average molecular weight is 304 g/mol. The molecule has 0 aliphatic carbocycles. The Hall–Kier alpha value is -1.00. The van der Waals surface area contributed by atoms with Gasteiger partial charge in [-0.05, 0) is 24.0 Å². The van der Waals surface area contributed by atoms with Gasteiger partial charge in [-0.15, -0.1) is 0 Å². The van der Waals surface area contributed by atoms with Crippen LogP contribution in [0, 0.1) is 0 Å². The van der Waals surface area contributed by atoms with Crippen LogP contribution in [0.3, 0.4) is 0 Å². The minimum atomic E-state index is -0.0499. The first-order valence-electron chi connectivity index (χ1n) is 7.78. The first-order valence-corrected chi connectivity index (χ1v) is 8.77. The Balaban J connectivity index is 1.66. The first-order chi connectivity index (χ1) is 10.1. The second kappa shape index (κ2) is 6.01. The van der Waals surface area contributed by atoms with Crippen LogP contribution in [-0.4, -0.2) is 40.4 Å². The third-order valence-corrected chi connectivity index (χ3v) is 5.90. The van der Waals surface area contributed by atoms with Gasteiger partial charge in [-0.1, -0.05) is 38.1 Å². The van der Waals surface area contributed by atoms with Crippen molar-refractivity contribution in [1.82, 2.24) is 10.2 Å². The highest BCUT2D eigenvalue weighted by atomic mass is 32.2. The lowest BCUT2D eigenvalue weighted by Crippen LogP contribution is -2.50. The summed E-state index contributed by atoms with van der Waals surface area (Å²) >= 11 is 1.98. The van der Waals surface area contributed by atoms with Gasteiger partial charge in [0, 0.05) is 30.1 Å². The van der Waals surface area contributed by atoms with Crippen molar-refractivity contribution in [3.63, 3.8) is 0 Å². The molecule has 2 aliphatic heterocycles. The molecule has 1 aromatic carbocycles. The number of nitrogens with one attached hydrogen (secondary N) is 1. The van der Waals surface area contributed by atoms with Crippen LogP contribution < -0.4 is 5.32 Å². The molecule has 1 saturated heterocycles. The van der Waals surface area contributed by atoms with Gasteiger partial charge in [0.1, 0.15) is 0 Å². The summed E-state index contributed by atoms with van der Waals surface area (Å²) in [6, 6.07) is 8.38. The van der Waals surface area contributed by atoms with E-state index in [1.165, 1.54) is 11.1 Å². The van der Waals surface area contributed by atoms with E-state index in [9.17, 15) is 4.79 Å². The van der Waals surface area contributed by atoms with Crippen LogP contribution in [0.15, 0.2) is 24.3 Å². The fourth-order valence-corrected chi connectivity index (χ4v) is 4.19. The standard InChI is InChI=1S/C17H24N2OS/c1-17(2)7-8-19(9-10-21-17)16(20)15-11-13-5-3-4-6-14(13)12-18-15/h3-6,15,18H,7-12H2,1-2H3/t15-/m0/s1. The lowest BCUT2D eigenvalue weighted by molar-refractivity contribution is -0.133. The predicted octanol–water partition coefficient (Wildman–Crippen LogP) is 2.45. The molecule has 1 amide bonds. The Kier molecular flexibility index (Phi) is 4.27. The molecule has 3 nitrogen and oxygen atoms in total. The lowest BCUT2D eigenvalue weighted by Gasteiger charge is -2.30. The van der Waals surface area contributed by atoms with E-state index in [0.717, 1.165) is 38.2 Å². The molecule has 0 bridgehead atoms. The van der Waals surface area contributed by atoms with Gasteiger partial charge in [0.25, 0.3) is 0 Å². The summed E-state index contributed by atoms with van der Waals surface area (Å²) in [5.74, 6) is 1.32. The largest absolute Gasteiger partial charge is 0.340 e. The molecule has 2 heterocycles. The molecular weight excluding hydrogens is 280 g/mol. The topological polar surface area (TPSA) is 32.3 Å². The minimum absolute atomic E-state index is 0.0499. The van der Waals surface area contributed by atoms with Gasteiger partial charge in [-0.3, -0.25) is 4.79 Å². The number of hydrogen-bond donors (Lipinski definition) is 1. The van der Waals surface area contributed by atoms with E-state index >= 15 is 0 Å². The number of carbonyl (C=O) groups excluding carboxylic acids is 1. The number of benzene rings is 1. The third-order valence-electron chi connectivity index (χ3n) is 4.53. The van der Waals surface area contributed by atoms with Crippen molar-refractivity contribution in [2.24, 2.45) is 0 Å². The summed E-state index contributed by atoms with van der Waals surface area (Å²) in [6.07, 6.45) is 1.90.